The summed E-state index contributed by atoms with van der Waals surface area (Å²) < 4.78 is 30.6. The standard InChI is InChI=1S/C14H18F2N2O2S/c1-9-7-18(8-10(2)20-9)14(19)17-11-5-3-4-6-12(11)21-13(15)16/h3-6,9-10,13H,7-8H2,1-2H3,(H,17,19)/t9-,10-/m1/s1. The van der Waals surface area contributed by atoms with E-state index in [9.17, 15) is 13.6 Å². The topological polar surface area (TPSA) is 41.6 Å². The molecule has 1 saturated heterocycles. The number of carbonyl (C=O) groups is 1. The molecule has 0 radical (unpaired) electrons. The number of thioether (sulfide) groups is 1. The number of morpholine rings is 1. The van der Waals surface area contributed by atoms with Gasteiger partial charge >= 0.3 is 6.03 Å². The third-order valence-corrected chi connectivity index (χ3v) is 3.84. The predicted octanol–water partition coefficient (Wildman–Crippen LogP) is 3.64. The molecule has 0 spiro atoms. The number of hydrogen-bond acceptors (Lipinski definition) is 3. The Kier molecular flexibility index (Phi) is 5.41. The third-order valence-electron chi connectivity index (χ3n) is 3.05. The van der Waals surface area contributed by atoms with Crippen LogP contribution in [0.15, 0.2) is 29.2 Å². The van der Waals surface area contributed by atoms with Crippen LogP contribution in [0.3, 0.4) is 0 Å². The summed E-state index contributed by atoms with van der Waals surface area (Å²) in [6.45, 7) is 4.77. The number of hydrogen-bond donors (Lipinski definition) is 1. The van der Waals surface area contributed by atoms with E-state index >= 15 is 0 Å². The number of amides is 2. The van der Waals surface area contributed by atoms with Gasteiger partial charge in [0.25, 0.3) is 5.76 Å². The van der Waals surface area contributed by atoms with Gasteiger partial charge in [0.05, 0.1) is 17.9 Å². The molecule has 116 valence electrons. The van der Waals surface area contributed by atoms with E-state index in [0.717, 1.165) is 0 Å². The maximum absolute atomic E-state index is 12.5. The van der Waals surface area contributed by atoms with Gasteiger partial charge in [0.2, 0.25) is 0 Å². The SMILES string of the molecule is C[C@@H]1CN(C(=O)Nc2ccccc2SC(F)F)C[C@@H](C)O1. The minimum absolute atomic E-state index is 0.0369. The molecule has 1 aromatic carbocycles. The number of carbonyl (C=O) groups excluding carboxylic acids is 1. The van der Waals surface area contributed by atoms with Crippen LogP contribution in [0.25, 0.3) is 0 Å². The second-order valence-corrected chi connectivity index (χ2v) is 6.00. The van der Waals surface area contributed by atoms with E-state index in [2.05, 4.69) is 5.32 Å². The van der Waals surface area contributed by atoms with Crippen LogP contribution in [0, 0.1) is 0 Å². The molecule has 1 N–H and O–H groups in total. The summed E-state index contributed by atoms with van der Waals surface area (Å²) in [7, 11) is 0. The lowest BCUT2D eigenvalue weighted by molar-refractivity contribution is -0.0530. The lowest BCUT2D eigenvalue weighted by Gasteiger charge is -2.35. The summed E-state index contributed by atoms with van der Waals surface area (Å²) in [5.74, 6) is -2.52. The van der Waals surface area contributed by atoms with Crippen molar-refractivity contribution in [3.63, 3.8) is 0 Å². The zero-order chi connectivity index (χ0) is 15.4. The first-order valence-electron chi connectivity index (χ1n) is 6.71. The molecule has 0 saturated carbocycles. The minimum Gasteiger partial charge on any atom is -0.372 e. The van der Waals surface area contributed by atoms with Crippen molar-refractivity contribution < 1.29 is 18.3 Å². The monoisotopic (exact) mass is 316 g/mol. The first-order chi connectivity index (χ1) is 9.95. The van der Waals surface area contributed by atoms with Gasteiger partial charge in [0.1, 0.15) is 0 Å². The number of halogens is 2. The van der Waals surface area contributed by atoms with E-state index in [4.69, 9.17) is 4.74 Å². The highest BCUT2D eigenvalue weighted by Crippen LogP contribution is 2.31. The fourth-order valence-electron chi connectivity index (χ4n) is 2.31. The highest BCUT2D eigenvalue weighted by molar-refractivity contribution is 7.99. The van der Waals surface area contributed by atoms with Gasteiger partial charge in [-0.1, -0.05) is 23.9 Å². The molecule has 1 heterocycles. The number of nitrogens with zero attached hydrogens (tertiary/aromatic N) is 1. The molecule has 2 amide bonds. The Morgan fingerprint density at radius 1 is 1.33 bits per heavy atom. The Balaban J connectivity index is 2.05. The molecule has 0 unspecified atom stereocenters. The number of nitrogens with one attached hydrogen (secondary N) is 1. The van der Waals surface area contributed by atoms with Gasteiger partial charge in [0.15, 0.2) is 0 Å². The molecule has 2 atom stereocenters. The van der Waals surface area contributed by atoms with Crippen molar-refractivity contribution in [2.45, 2.75) is 36.7 Å². The van der Waals surface area contributed by atoms with E-state index < -0.39 is 5.76 Å². The molecular weight excluding hydrogens is 298 g/mol. The van der Waals surface area contributed by atoms with Crippen LogP contribution < -0.4 is 5.32 Å². The zero-order valence-electron chi connectivity index (χ0n) is 11.9. The highest BCUT2D eigenvalue weighted by Gasteiger charge is 2.26. The number of benzene rings is 1. The van der Waals surface area contributed by atoms with Crippen LogP contribution in [-0.4, -0.2) is 42.0 Å². The number of rotatable bonds is 3. The number of anilines is 1. The van der Waals surface area contributed by atoms with E-state index in [-0.39, 0.29) is 18.2 Å². The highest BCUT2D eigenvalue weighted by atomic mass is 32.2. The number of ether oxygens (including phenoxy) is 1. The molecule has 0 bridgehead atoms. The summed E-state index contributed by atoms with van der Waals surface area (Å²) in [6, 6.07) is 6.27. The van der Waals surface area contributed by atoms with Gasteiger partial charge in [-0.05, 0) is 26.0 Å². The molecule has 0 aromatic heterocycles. The van der Waals surface area contributed by atoms with E-state index in [1.165, 1.54) is 0 Å². The summed E-state index contributed by atoms with van der Waals surface area (Å²) in [5, 5.41) is 2.70. The van der Waals surface area contributed by atoms with Gasteiger partial charge in [0, 0.05) is 18.0 Å². The van der Waals surface area contributed by atoms with Gasteiger partial charge in [-0.15, -0.1) is 0 Å². The minimum atomic E-state index is -2.52. The molecular formula is C14H18F2N2O2S. The quantitative estimate of drug-likeness (QED) is 0.866. The molecule has 1 aliphatic rings. The average molecular weight is 316 g/mol. The Morgan fingerprint density at radius 3 is 2.57 bits per heavy atom. The van der Waals surface area contributed by atoms with E-state index in [1.807, 2.05) is 13.8 Å². The van der Waals surface area contributed by atoms with Crippen molar-refractivity contribution >= 4 is 23.5 Å². The summed E-state index contributed by atoms with van der Waals surface area (Å²) in [5.41, 5.74) is 0.402. The first kappa shape index (κ1) is 16.0. The molecule has 7 heteroatoms. The Hall–Kier alpha value is -1.34. The molecule has 4 nitrogen and oxygen atoms in total. The smallest absolute Gasteiger partial charge is 0.322 e. The maximum Gasteiger partial charge on any atom is 0.322 e. The van der Waals surface area contributed by atoms with Crippen molar-refractivity contribution in [2.24, 2.45) is 0 Å². The maximum atomic E-state index is 12.5. The van der Waals surface area contributed by atoms with Crippen LogP contribution in [0.1, 0.15) is 13.8 Å². The van der Waals surface area contributed by atoms with Crippen LogP contribution in [0.2, 0.25) is 0 Å². The number of para-hydroxylation sites is 1. The lowest BCUT2D eigenvalue weighted by Crippen LogP contribution is -2.49. The van der Waals surface area contributed by atoms with Crippen LogP contribution in [-0.2, 0) is 4.74 Å². The van der Waals surface area contributed by atoms with Gasteiger partial charge in [-0.25, -0.2) is 4.79 Å². The van der Waals surface area contributed by atoms with Crippen LogP contribution in [0.5, 0.6) is 0 Å². The summed E-state index contributed by atoms with van der Waals surface area (Å²) in [4.78, 5) is 14.3. The number of alkyl halides is 2. The molecule has 2 rings (SSSR count). The van der Waals surface area contributed by atoms with Gasteiger partial charge < -0.3 is 15.0 Å². The fraction of sp³-hybridized carbons (Fsp3) is 0.500. The van der Waals surface area contributed by atoms with Gasteiger partial charge in [-0.3, -0.25) is 0 Å². The number of urea groups is 1. The molecule has 21 heavy (non-hydrogen) atoms. The summed E-state index contributed by atoms with van der Waals surface area (Å²) in [6.07, 6.45) is -0.0737. The second-order valence-electron chi connectivity index (χ2n) is 4.97. The van der Waals surface area contributed by atoms with Crippen molar-refractivity contribution in [2.75, 3.05) is 18.4 Å². The van der Waals surface area contributed by atoms with Crippen molar-refractivity contribution in [1.29, 1.82) is 0 Å². The summed E-state index contributed by atoms with van der Waals surface area (Å²) >= 11 is 0.424. The van der Waals surface area contributed by atoms with Gasteiger partial charge in [-0.2, -0.15) is 8.78 Å². The normalized spacial score (nSPS) is 22.4. The van der Waals surface area contributed by atoms with Crippen molar-refractivity contribution in [3.8, 4) is 0 Å². The zero-order valence-corrected chi connectivity index (χ0v) is 12.7. The Bertz CT molecular complexity index is 492. The molecule has 1 aromatic rings. The Morgan fingerprint density at radius 2 is 1.95 bits per heavy atom. The van der Waals surface area contributed by atoms with E-state index in [1.54, 1.807) is 29.2 Å². The molecule has 0 aliphatic carbocycles. The second kappa shape index (κ2) is 7.09. The molecule has 1 aliphatic heterocycles. The van der Waals surface area contributed by atoms with Crippen LogP contribution in [0.4, 0.5) is 19.3 Å². The van der Waals surface area contributed by atoms with Crippen molar-refractivity contribution in [1.82, 2.24) is 4.90 Å². The largest absolute Gasteiger partial charge is 0.372 e. The first-order valence-corrected chi connectivity index (χ1v) is 7.59. The Labute approximate surface area is 126 Å². The van der Waals surface area contributed by atoms with Crippen LogP contribution >= 0.6 is 11.8 Å². The lowest BCUT2D eigenvalue weighted by atomic mass is 10.2. The average Bonchev–Trinajstić information content (AvgIpc) is 2.39. The molecule has 1 fully saturated rings. The fourth-order valence-corrected chi connectivity index (χ4v) is 2.90. The van der Waals surface area contributed by atoms with Crippen molar-refractivity contribution in [3.05, 3.63) is 24.3 Å². The van der Waals surface area contributed by atoms with E-state index in [0.29, 0.717) is 35.4 Å². The third kappa shape index (κ3) is 4.57. The predicted molar refractivity (Wildman–Crippen MR) is 78.9 cm³/mol.